The largest absolute Gasteiger partial charge is 0.388 e. The first kappa shape index (κ1) is 15.7. The average Bonchev–Trinajstić information content (AvgIpc) is 2.84. The predicted molar refractivity (Wildman–Crippen MR) is 82.2 cm³/mol. The van der Waals surface area contributed by atoms with Gasteiger partial charge in [-0.2, -0.15) is 0 Å². The molecule has 1 aliphatic heterocycles. The summed E-state index contributed by atoms with van der Waals surface area (Å²) in [7, 11) is 2.05. The van der Waals surface area contributed by atoms with Crippen LogP contribution in [0, 0.1) is 0 Å². The maximum absolute atomic E-state index is 10.5. The molecule has 6 heteroatoms. The van der Waals surface area contributed by atoms with Crippen LogP contribution in [0.5, 0.6) is 0 Å². The summed E-state index contributed by atoms with van der Waals surface area (Å²) in [5.74, 6) is 0. The molecule has 1 fully saturated rings. The van der Waals surface area contributed by atoms with Crippen molar-refractivity contribution >= 4 is 16.5 Å². The number of aromatic nitrogens is 1. The first-order valence-corrected chi connectivity index (χ1v) is 8.10. The number of likely N-dealkylation sites (N-methyl/N-ethyl adjacent to an activating group) is 1. The number of hydrogen-bond acceptors (Lipinski definition) is 6. The lowest BCUT2D eigenvalue weighted by molar-refractivity contribution is -0.0776. The van der Waals surface area contributed by atoms with E-state index in [-0.39, 0.29) is 0 Å². The minimum atomic E-state index is -0.596. The lowest BCUT2D eigenvalue weighted by Crippen LogP contribution is -2.45. The summed E-state index contributed by atoms with van der Waals surface area (Å²) in [5.41, 5.74) is -0.596. The highest BCUT2D eigenvalue weighted by atomic mass is 32.1. The second-order valence-corrected chi connectivity index (χ2v) is 6.68. The van der Waals surface area contributed by atoms with Gasteiger partial charge in [0.2, 0.25) is 0 Å². The highest BCUT2D eigenvalue weighted by molar-refractivity contribution is 7.15. The van der Waals surface area contributed by atoms with Crippen molar-refractivity contribution < 1.29 is 9.84 Å². The molecule has 1 aromatic rings. The summed E-state index contributed by atoms with van der Waals surface area (Å²) < 4.78 is 5.31. The Bertz CT molecular complexity index is 405. The molecule has 0 aliphatic carbocycles. The van der Waals surface area contributed by atoms with Crippen molar-refractivity contribution in [2.24, 2.45) is 0 Å². The normalized spacial score (nSPS) is 18.4. The molecule has 20 heavy (non-hydrogen) atoms. The zero-order chi connectivity index (χ0) is 14.4. The average molecular weight is 299 g/mol. The molecule has 0 radical (unpaired) electrons. The van der Waals surface area contributed by atoms with Crippen LogP contribution in [0.4, 0.5) is 5.13 Å². The molecule has 5 nitrogen and oxygen atoms in total. The fourth-order valence-corrected chi connectivity index (χ4v) is 3.35. The van der Waals surface area contributed by atoms with Crippen molar-refractivity contribution in [2.45, 2.75) is 38.3 Å². The van der Waals surface area contributed by atoms with Crippen molar-refractivity contribution in [3.63, 3.8) is 0 Å². The summed E-state index contributed by atoms with van der Waals surface area (Å²) >= 11 is 1.69. The molecule has 0 atom stereocenters. The van der Waals surface area contributed by atoms with E-state index < -0.39 is 5.60 Å². The Balaban J connectivity index is 1.81. The highest BCUT2D eigenvalue weighted by Gasteiger charge is 2.31. The lowest BCUT2D eigenvalue weighted by atomic mass is 9.94. The van der Waals surface area contributed by atoms with Crippen LogP contribution in [0.15, 0.2) is 6.20 Å². The van der Waals surface area contributed by atoms with Gasteiger partial charge in [-0.3, -0.25) is 4.90 Å². The topological polar surface area (TPSA) is 57.6 Å². The number of rotatable bonds is 7. The number of ether oxygens (including phenoxy) is 1. The Morgan fingerprint density at radius 3 is 2.95 bits per heavy atom. The van der Waals surface area contributed by atoms with Crippen LogP contribution < -0.4 is 5.32 Å². The first-order chi connectivity index (χ1) is 9.61. The fourth-order valence-electron chi connectivity index (χ4n) is 2.43. The molecule has 0 amide bonds. The number of aliphatic hydroxyl groups is 1. The van der Waals surface area contributed by atoms with Crippen LogP contribution >= 0.6 is 11.3 Å². The molecular weight excluding hydrogens is 274 g/mol. The van der Waals surface area contributed by atoms with Gasteiger partial charge in [0.25, 0.3) is 0 Å². The van der Waals surface area contributed by atoms with Crippen LogP contribution in [-0.2, 0) is 11.3 Å². The summed E-state index contributed by atoms with van der Waals surface area (Å²) in [5, 5.41) is 14.8. The molecule has 1 saturated heterocycles. The SMILES string of the molecule is CCCNc1ncc(CN(C)CC2(O)CCOCC2)s1. The lowest BCUT2D eigenvalue weighted by Gasteiger charge is -2.35. The van der Waals surface area contributed by atoms with E-state index in [1.807, 2.05) is 13.2 Å². The maximum Gasteiger partial charge on any atom is 0.182 e. The van der Waals surface area contributed by atoms with Gasteiger partial charge in [-0.05, 0) is 13.5 Å². The number of nitrogens with one attached hydrogen (secondary N) is 1. The minimum absolute atomic E-state index is 0.596. The summed E-state index contributed by atoms with van der Waals surface area (Å²) in [6.07, 6.45) is 4.48. The van der Waals surface area contributed by atoms with E-state index in [1.165, 1.54) is 4.88 Å². The van der Waals surface area contributed by atoms with Gasteiger partial charge < -0.3 is 15.2 Å². The van der Waals surface area contributed by atoms with Gasteiger partial charge in [0.15, 0.2) is 5.13 Å². The van der Waals surface area contributed by atoms with E-state index in [9.17, 15) is 5.11 Å². The molecule has 2 N–H and O–H groups in total. The number of nitrogens with zero attached hydrogens (tertiary/aromatic N) is 2. The van der Waals surface area contributed by atoms with Gasteiger partial charge in [0, 0.05) is 56.8 Å². The standard InChI is InChI=1S/C14H25N3O2S/c1-3-6-15-13-16-9-12(20-13)10-17(2)11-14(18)4-7-19-8-5-14/h9,18H,3-8,10-11H2,1-2H3,(H,15,16). The van der Waals surface area contributed by atoms with E-state index >= 15 is 0 Å². The molecule has 114 valence electrons. The van der Waals surface area contributed by atoms with Crippen LogP contribution in [0.1, 0.15) is 31.1 Å². The van der Waals surface area contributed by atoms with E-state index in [1.54, 1.807) is 11.3 Å². The van der Waals surface area contributed by atoms with Crippen LogP contribution in [0.2, 0.25) is 0 Å². The fraction of sp³-hybridized carbons (Fsp3) is 0.786. The van der Waals surface area contributed by atoms with Gasteiger partial charge in [-0.1, -0.05) is 6.92 Å². The number of thiazole rings is 1. The molecule has 2 heterocycles. The monoisotopic (exact) mass is 299 g/mol. The Kier molecular flexibility index (Phi) is 5.77. The van der Waals surface area contributed by atoms with Crippen LogP contribution in [0.3, 0.4) is 0 Å². The Hall–Kier alpha value is -0.690. The summed E-state index contributed by atoms with van der Waals surface area (Å²) in [6.45, 7) is 5.94. The van der Waals surface area contributed by atoms with Gasteiger partial charge in [-0.15, -0.1) is 11.3 Å². The zero-order valence-corrected chi connectivity index (χ0v) is 13.2. The number of anilines is 1. The van der Waals surface area contributed by atoms with Gasteiger partial charge >= 0.3 is 0 Å². The minimum Gasteiger partial charge on any atom is -0.388 e. The van der Waals surface area contributed by atoms with Gasteiger partial charge in [0.1, 0.15) is 0 Å². The highest BCUT2D eigenvalue weighted by Crippen LogP contribution is 2.24. The first-order valence-electron chi connectivity index (χ1n) is 7.28. The quantitative estimate of drug-likeness (QED) is 0.806. The van der Waals surface area contributed by atoms with Crippen molar-refractivity contribution in [1.82, 2.24) is 9.88 Å². The van der Waals surface area contributed by atoms with E-state index in [4.69, 9.17) is 4.74 Å². The number of hydrogen-bond donors (Lipinski definition) is 2. The van der Waals surface area contributed by atoms with Crippen molar-refractivity contribution in [1.29, 1.82) is 0 Å². The predicted octanol–water partition coefficient (Wildman–Crippen LogP) is 1.94. The van der Waals surface area contributed by atoms with Crippen molar-refractivity contribution in [3.05, 3.63) is 11.1 Å². The third kappa shape index (κ3) is 4.70. The molecule has 0 saturated carbocycles. The molecule has 1 aromatic heterocycles. The summed E-state index contributed by atoms with van der Waals surface area (Å²) in [6, 6.07) is 0. The zero-order valence-electron chi connectivity index (χ0n) is 12.4. The van der Waals surface area contributed by atoms with Crippen molar-refractivity contribution in [2.75, 3.05) is 38.7 Å². The van der Waals surface area contributed by atoms with Crippen LogP contribution in [-0.4, -0.2) is 53.9 Å². The van der Waals surface area contributed by atoms with Gasteiger partial charge in [-0.25, -0.2) is 4.98 Å². The molecule has 1 aliphatic rings. The molecule has 2 rings (SSSR count). The molecule has 0 bridgehead atoms. The molecule has 0 aromatic carbocycles. The van der Waals surface area contributed by atoms with E-state index in [2.05, 4.69) is 22.1 Å². The van der Waals surface area contributed by atoms with Crippen LogP contribution in [0.25, 0.3) is 0 Å². The van der Waals surface area contributed by atoms with Crippen molar-refractivity contribution in [3.8, 4) is 0 Å². The smallest absolute Gasteiger partial charge is 0.182 e. The third-order valence-corrected chi connectivity index (χ3v) is 4.43. The molecular formula is C14H25N3O2S. The third-order valence-electron chi connectivity index (χ3n) is 3.49. The molecule has 0 unspecified atom stereocenters. The Morgan fingerprint density at radius 2 is 2.25 bits per heavy atom. The second-order valence-electron chi connectivity index (χ2n) is 5.57. The second kappa shape index (κ2) is 7.36. The Labute approximate surface area is 125 Å². The van der Waals surface area contributed by atoms with E-state index in [0.717, 1.165) is 37.5 Å². The van der Waals surface area contributed by atoms with Gasteiger partial charge in [0.05, 0.1) is 5.60 Å². The maximum atomic E-state index is 10.5. The summed E-state index contributed by atoms with van der Waals surface area (Å²) in [4.78, 5) is 7.76. The molecule has 0 spiro atoms. The Morgan fingerprint density at radius 1 is 1.50 bits per heavy atom. The van der Waals surface area contributed by atoms with E-state index in [0.29, 0.717) is 19.8 Å².